The van der Waals surface area contributed by atoms with E-state index < -0.39 is 5.34 Å². The number of fused-ring (bicyclic) bond motifs is 1. The van der Waals surface area contributed by atoms with Crippen LogP contribution in [0.25, 0.3) is 22.4 Å². The Morgan fingerprint density at radius 3 is 2.67 bits per heavy atom. The highest BCUT2D eigenvalue weighted by atomic mass is 15.1. The van der Waals surface area contributed by atoms with E-state index in [1.54, 1.807) is 36.9 Å². The number of rotatable bonds is 4. The molecule has 5 rings (SSSR count). The van der Waals surface area contributed by atoms with E-state index in [1.807, 2.05) is 52.1 Å². The Hall–Kier alpha value is -4.51. The van der Waals surface area contributed by atoms with E-state index in [2.05, 4.69) is 52.3 Å². The summed E-state index contributed by atoms with van der Waals surface area (Å²) in [6.07, 6.45) is 6.91. The van der Waals surface area contributed by atoms with Crippen molar-refractivity contribution in [1.29, 1.82) is 0 Å². The molecule has 0 aliphatic heterocycles. The molecule has 0 amide bonds. The molecular formula is C23H18B2N8. The van der Waals surface area contributed by atoms with Crippen LogP contribution in [0.4, 0.5) is 5.95 Å². The van der Waals surface area contributed by atoms with Gasteiger partial charge in [-0.2, -0.15) is 5.10 Å². The van der Waals surface area contributed by atoms with E-state index in [0.29, 0.717) is 23.2 Å². The lowest BCUT2D eigenvalue weighted by Gasteiger charge is -2.26. The molecule has 0 aliphatic rings. The first-order chi connectivity index (χ1) is 16.1. The molecule has 0 fully saturated rings. The SMILES string of the molecule is BC(B)(Nc1nccc(-c2nccc(C#Cc3ccc4[nH]ncc4c3)n2)n1)c1ccccn1. The summed E-state index contributed by atoms with van der Waals surface area (Å²) in [5, 5.41) is 10.9. The van der Waals surface area contributed by atoms with E-state index in [0.717, 1.165) is 22.2 Å². The summed E-state index contributed by atoms with van der Waals surface area (Å²) in [4.78, 5) is 22.3. The molecule has 4 heterocycles. The Kier molecular flexibility index (Phi) is 5.29. The van der Waals surface area contributed by atoms with Gasteiger partial charge in [0, 0.05) is 40.6 Å². The van der Waals surface area contributed by atoms with Crippen molar-refractivity contribution in [3.8, 4) is 23.4 Å². The third-order valence-corrected chi connectivity index (χ3v) is 5.04. The van der Waals surface area contributed by atoms with Gasteiger partial charge < -0.3 is 5.32 Å². The molecule has 33 heavy (non-hydrogen) atoms. The van der Waals surface area contributed by atoms with Crippen molar-refractivity contribution in [1.82, 2.24) is 35.1 Å². The number of pyridine rings is 1. The highest BCUT2D eigenvalue weighted by Gasteiger charge is 2.22. The molecular weight excluding hydrogens is 410 g/mol. The number of benzene rings is 1. The molecule has 1 aromatic carbocycles. The predicted molar refractivity (Wildman–Crippen MR) is 132 cm³/mol. The van der Waals surface area contributed by atoms with Crippen LogP contribution in [0, 0.1) is 11.8 Å². The summed E-state index contributed by atoms with van der Waals surface area (Å²) in [7, 11) is 4.05. The van der Waals surface area contributed by atoms with Gasteiger partial charge in [0.2, 0.25) is 5.95 Å². The summed E-state index contributed by atoms with van der Waals surface area (Å²) in [6, 6.07) is 15.2. The minimum absolute atomic E-state index is 0.454. The van der Waals surface area contributed by atoms with Gasteiger partial charge in [0.25, 0.3) is 0 Å². The second-order valence-corrected chi connectivity index (χ2v) is 7.92. The number of H-pyrrole nitrogens is 1. The smallest absolute Gasteiger partial charge is 0.222 e. The van der Waals surface area contributed by atoms with Gasteiger partial charge in [-0.05, 0) is 48.4 Å². The molecule has 0 spiro atoms. The standard InChI is InChI=1S/C23H18B2N8/c24-23(25,20-3-1-2-10-26-20)32-22-28-12-9-19(31-22)21-27-11-8-17(30-21)6-4-15-5-7-18-16(13-15)14-29-33-18/h1-3,5,7-14H,24-25H2,(H,29,33)(H,28,31,32). The highest BCUT2D eigenvalue weighted by Crippen LogP contribution is 2.19. The van der Waals surface area contributed by atoms with E-state index in [4.69, 9.17) is 0 Å². The fraction of sp³-hybridized carbons (Fsp3) is 0.0435. The van der Waals surface area contributed by atoms with Crippen LogP contribution in [-0.2, 0) is 5.34 Å². The first-order valence-corrected chi connectivity index (χ1v) is 10.4. The molecule has 10 heteroatoms. The topological polar surface area (TPSA) is 105 Å². The van der Waals surface area contributed by atoms with Crippen LogP contribution in [0.3, 0.4) is 0 Å². The summed E-state index contributed by atoms with van der Waals surface area (Å²) >= 11 is 0. The number of hydrogen-bond acceptors (Lipinski definition) is 7. The zero-order chi connectivity index (χ0) is 22.7. The van der Waals surface area contributed by atoms with Crippen molar-refractivity contribution in [3.05, 3.63) is 90.3 Å². The maximum absolute atomic E-state index is 4.61. The Balaban J connectivity index is 1.39. The lowest BCUT2D eigenvalue weighted by atomic mass is 9.60. The van der Waals surface area contributed by atoms with Crippen molar-refractivity contribution in [3.63, 3.8) is 0 Å². The van der Waals surface area contributed by atoms with Crippen molar-refractivity contribution in [2.24, 2.45) is 0 Å². The van der Waals surface area contributed by atoms with Gasteiger partial charge >= 0.3 is 0 Å². The average Bonchev–Trinajstić information content (AvgIpc) is 3.31. The van der Waals surface area contributed by atoms with Gasteiger partial charge in [0.05, 0.1) is 11.7 Å². The molecule has 0 saturated carbocycles. The molecule has 156 valence electrons. The van der Waals surface area contributed by atoms with E-state index in [-0.39, 0.29) is 0 Å². The molecule has 4 aromatic heterocycles. The van der Waals surface area contributed by atoms with Crippen molar-refractivity contribution < 1.29 is 0 Å². The molecule has 0 bridgehead atoms. The van der Waals surface area contributed by atoms with Gasteiger partial charge in [0.1, 0.15) is 27.1 Å². The fourth-order valence-corrected chi connectivity index (χ4v) is 3.33. The van der Waals surface area contributed by atoms with Crippen LogP contribution in [0.2, 0.25) is 0 Å². The van der Waals surface area contributed by atoms with E-state index in [9.17, 15) is 0 Å². The lowest BCUT2D eigenvalue weighted by molar-refractivity contribution is 0.896. The molecule has 0 radical (unpaired) electrons. The van der Waals surface area contributed by atoms with Crippen molar-refractivity contribution in [2.75, 3.05) is 5.32 Å². The Morgan fingerprint density at radius 1 is 0.879 bits per heavy atom. The van der Waals surface area contributed by atoms with Crippen LogP contribution in [-0.4, -0.2) is 50.8 Å². The Morgan fingerprint density at radius 2 is 1.79 bits per heavy atom. The number of aromatic nitrogens is 7. The minimum atomic E-state index is -0.454. The van der Waals surface area contributed by atoms with Crippen molar-refractivity contribution in [2.45, 2.75) is 5.34 Å². The normalized spacial score (nSPS) is 11.0. The second kappa shape index (κ2) is 8.55. The molecule has 0 aliphatic carbocycles. The summed E-state index contributed by atoms with van der Waals surface area (Å²) in [5.41, 5.74) is 3.96. The quantitative estimate of drug-likeness (QED) is 0.326. The third kappa shape index (κ3) is 4.57. The summed E-state index contributed by atoms with van der Waals surface area (Å²) in [5.74, 6) is 7.20. The number of anilines is 1. The number of aromatic amines is 1. The zero-order valence-corrected chi connectivity index (χ0v) is 18.1. The van der Waals surface area contributed by atoms with Gasteiger partial charge in [-0.15, -0.1) is 0 Å². The van der Waals surface area contributed by atoms with Crippen LogP contribution in [0.1, 0.15) is 17.0 Å². The van der Waals surface area contributed by atoms with Crippen LogP contribution >= 0.6 is 0 Å². The third-order valence-electron chi connectivity index (χ3n) is 5.04. The number of nitrogens with one attached hydrogen (secondary N) is 2. The Labute approximate surface area is 192 Å². The lowest BCUT2D eigenvalue weighted by Crippen LogP contribution is -2.38. The average molecular weight is 428 g/mol. The number of nitrogens with zero attached hydrogens (tertiary/aromatic N) is 6. The predicted octanol–water partition coefficient (Wildman–Crippen LogP) is 1.09. The summed E-state index contributed by atoms with van der Waals surface area (Å²) < 4.78 is 0. The second-order valence-electron chi connectivity index (χ2n) is 7.92. The molecule has 8 nitrogen and oxygen atoms in total. The van der Waals surface area contributed by atoms with Gasteiger partial charge in [-0.25, -0.2) is 19.9 Å². The van der Waals surface area contributed by atoms with Gasteiger partial charge in [-0.1, -0.05) is 12.0 Å². The highest BCUT2D eigenvalue weighted by molar-refractivity contribution is 6.41. The van der Waals surface area contributed by atoms with Gasteiger partial charge in [0.15, 0.2) is 5.82 Å². The van der Waals surface area contributed by atoms with Crippen LogP contribution in [0.15, 0.2) is 73.3 Å². The van der Waals surface area contributed by atoms with Crippen LogP contribution < -0.4 is 5.32 Å². The Bertz CT molecular complexity index is 1490. The van der Waals surface area contributed by atoms with E-state index in [1.165, 1.54) is 0 Å². The maximum atomic E-state index is 4.61. The molecule has 5 aromatic rings. The van der Waals surface area contributed by atoms with E-state index >= 15 is 0 Å². The largest absolute Gasteiger partial charge is 0.359 e. The van der Waals surface area contributed by atoms with Gasteiger partial charge in [-0.3, -0.25) is 10.1 Å². The number of hydrogen-bond donors (Lipinski definition) is 2. The zero-order valence-electron chi connectivity index (χ0n) is 18.1. The van der Waals surface area contributed by atoms with Crippen molar-refractivity contribution >= 4 is 32.5 Å². The molecule has 0 atom stereocenters. The molecule has 2 N–H and O–H groups in total. The first kappa shape index (κ1) is 20.4. The first-order valence-electron chi connectivity index (χ1n) is 10.4. The van der Waals surface area contributed by atoms with Crippen LogP contribution in [0.5, 0.6) is 0 Å². The summed E-state index contributed by atoms with van der Waals surface area (Å²) in [6.45, 7) is 0. The molecule has 0 unspecified atom stereocenters. The minimum Gasteiger partial charge on any atom is -0.359 e. The fourth-order valence-electron chi connectivity index (χ4n) is 3.33. The monoisotopic (exact) mass is 428 g/mol. The maximum Gasteiger partial charge on any atom is 0.222 e. The molecule has 0 saturated heterocycles.